The summed E-state index contributed by atoms with van der Waals surface area (Å²) in [5.74, 6) is 0. The van der Waals surface area contributed by atoms with Crippen LogP contribution in [0, 0.1) is 6.42 Å². The second kappa shape index (κ2) is 2.44. The summed E-state index contributed by atoms with van der Waals surface area (Å²) in [6.07, 6.45) is 0.411. The van der Waals surface area contributed by atoms with Crippen molar-refractivity contribution in [3.63, 3.8) is 0 Å². The third-order valence-corrected chi connectivity index (χ3v) is 1.25. The van der Waals surface area contributed by atoms with E-state index in [4.69, 9.17) is 10.2 Å². The standard InChI is InChI=1S/C5H10NO2/c7-4-1-2-6-3-5(4)8/h1,4-8H,2-3H2/t4?,5-/m0/s1. The Morgan fingerprint density at radius 2 is 2.25 bits per heavy atom. The predicted molar refractivity (Wildman–Crippen MR) is 29.2 cm³/mol. The van der Waals surface area contributed by atoms with Gasteiger partial charge in [-0.1, -0.05) is 0 Å². The molecule has 1 rings (SSSR count). The summed E-state index contributed by atoms with van der Waals surface area (Å²) in [5.41, 5.74) is 0. The van der Waals surface area contributed by atoms with Crippen molar-refractivity contribution < 1.29 is 10.2 Å². The molecular formula is C5H10NO2. The maximum absolute atomic E-state index is 8.83. The van der Waals surface area contributed by atoms with Crippen LogP contribution in [0.4, 0.5) is 0 Å². The quantitative estimate of drug-likeness (QED) is 0.361. The van der Waals surface area contributed by atoms with Gasteiger partial charge in [0.2, 0.25) is 0 Å². The number of hydrogen-bond donors (Lipinski definition) is 3. The molecule has 1 heterocycles. The van der Waals surface area contributed by atoms with Gasteiger partial charge in [-0.05, 0) is 0 Å². The molecule has 1 aliphatic rings. The molecular weight excluding hydrogens is 106 g/mol. The number of nitrogens with one attached hydrogen (secondary N) is 1. The molecule has 1 fully saturated rings. The highest BCUT2D eigenvalue weighted by Gasteiger charge is 2.19. The molecule has 1 unspecified atom stereocenters. The van der Waals surface area contributed by atoms with Crippen molar-refractivity contribution in [3.8, 4) is 0 Å². The Hall–Kier alpha value is -0.120. The first-order valence-corrected chi connectivity index (χ1v) is 2.71. The van der Waals surface area contributed by atoms with Gasteiger partial charge in [-0.3, -0.25) is 0 Å². The summed E-state index contributed by atoms with van der Waals surface area (Å²) >= 11 is 0. The maximum Gasteiger partial charge on any atom is 0.0926 e. The van der Waals surface area contributed by atoms with E-state index in [9.17, 15) is 0 Å². The van der Waals surface area contributed by atoms with Crippen LogP contribution < -0.4 is 5.32 Å². The van der Waals surface area contributed by atoms with Crippen LogP contribution >= 0.6 is 0 Å². The number of hydrogen-bond acceptors (Lipinski definition) is 3. The highest BCUT2D eigenvalue weighted by molar-refractivity contribution is 4.89. The van der Waals surface area contributed by atoms with Crippen molar-refractivity contribution >= 4 is 0 Å². The lowest BCUT2D eigenvalue weighted by atomic mass is 10.1. The van der Waals surface area contributed by atoms with Crippen LogP contribution in [0.25, 0.3) is 0 Å². The summed E-state index contributed by atoms with van der Waals surface area (Å²) in [7, 11) is 0. The van der Waals surface area contributed by atoms with E-state index >= 15 is 0 Å². The van der Waals surface area contributed by atoms with Gasteiger partial charge in [0.25, 0.3) is 0 Å². The lowest BCUT2D eigenvalue weighted by Gasteiger charge is -2.22. The number of piperidine rings is 1. The summed E-state index contributed by atoms with van der Waals surface area (Å²) in [5, 5.41) is 20.6. The van der Waals surface area contributed by atoms with Crippen molar-refractivity contribution in [1.82, 2.24) is 5.32 Å². The van der Waals surface area contributed by atoms with Crippen LogP contribution in [0.5, 0.6) is 0 Å². The number of aliphatic hydroxyl groups is 2. The number of β-amino-alcohol motifs (C(OH)–C–C–N with tert-alkyl or cyclic N) is 1. The smallest absolute Gasteiger partial charge is 0.0926 e. The first kappa shape index (κ1) is 6.01. The normalized spacial score (nSPS) is 39.8. The first-order valence-electron chi connectivity index (χ1n) is 2.71. The van der Waals surface area contributed by atoms with Crippen molar-refractivity contribution in [2.75, 3.05) is 13.1 Å². The molecule has 1 saturated heterocycles. The van der Waals surface area contributed by atoms with Crippen molar-refractivity contribution in [3.05, 3.63) is 6.42 Å². The van der Waals surface area contributed by atoms with Crippen LogP contribution in [-0.2, 0) is 0 Å². The summed E-state index contributed by atoms with van der Waals surface area (Å²) in [6.45, 7) is 1.19. The Morgan fingerprint density at radius 3 is 2.62 bits per heavy atom. The Labute approximate surface area is 48.3 Å². The zero-order valence-corrected chi connectivity index (χ0v) is 4.54. The molecule has 47 valence electrons. The van der Waals surface area contributed by atoms with Crippen LogP contribution in [0.1, 0.15) is 0 Å². The first-order chi connectivity index (χ1) is 3.80. The molecule has 0 aromatic heterocycles. The Bertz CT molecular complexity index is 66.8. The van der Waals surface area contributed by atoms with Crippen LogP contribution in [0.2, 0.25) is 0 Å². The third kappa shape index (κ3) is 1.18. The van der Waals surface area contributed by atoms with Crippen LogP contribution in [0.3, 0.4) is 0 Å². The van der Waals surface area contributed by atoms with Gasteiger partial charge in [0.1, 0.15) is 0 Å². The minimum atomic E-state index is -0.628. The Morgan fingerprint density at radius 1 is 1.50 bits per heavy atom. The lowest BCUT2D eigenvalue weighted by molar-refractivity contribution is 0.0273. The van der Waals surface area contributed by atoms with E-state index in [-0.39, 0.29) is 0 Å². The molecule has 0 aromatic rings. The molecule has 3 heteroatoms. The molecule has 0 spiro atoms. The van der Waals surface area contributed by atoms with Crippen LogP contribution in [0.15, 0.2) is 0 Å². The van der Waals surface area contributed by atoms with E-state index in [1.54, 1.807) is 6.42 Å². The Kier molecular flexibility index (Phi) is 1.83. The van der Waals surface area contributed by atoms with E-state index in [1.807, 2.05) is 0 Å². The van der Waals surface area contributed by atoms with E-state index in [1.165, 1.54) is 0 Å². The van der Waals surface area contributed by atoms with Crippen molar-refractivity contribution in [2.45, 2.75) is 12.2 Å². The second-order valence-corrected chi connectivity index (χ2v) is 1.95. The van der Waals surface area contributed by atoms with Crippen LogP contribution in [-0.4, -0.2) is 35.5 Å². The summed E-state index contributed by atoms with van der Waals surface area (Å²) in [6, 6.07) is 0. The fourth-order valence-electron chi connectivity index (χ4n) is 0.713. The molecule has 0 aliphatic carbocycles. The molecule has 3 nitrogen and oxygen atoms in total. The maximum atomic E-state index is 8.83. The largest absolute Gasteiger partial charge is 0.390 e. The van der Waals surface area contributed by atoms with Gasteiger partial charge in [0.15, 0.2) is 0 Å². The highest BCUT2D eigenvalue weighted by Crippen LogP contribution is 1.99. The van der Waals surface area contributed by atoms with Gasteiger partial charge in [-0.2, -0.15) is 0 Å². The number of rotatable bonds is 0. The fraction of sp³-hybridized carbons (Fsp3) is 0.800. The minimum Gasteiger partial charge on any atom is -0.390 e. The molecule has 0 saturated carbocycles. The van der Waals surface area contributed by atoms with Gasteiger partial charge in [0.05, 0.1) is 12.2 Å². The molecule has 0 bridgehead atoms. The van der Waals surface area contributed by atoms with E-state index in [0.717, 1.165) is 0 Å². The molecule has 3 N–H and O–H groups in total. The third-order valence-electron chi connectivity index (χ3n) is 1.25. The molecule has 8 heavy (non-hydrogen) atoms. The average molecular weight is 116 g/mol. The van der Waals surface area contributed by atoms with Gasteiger partial charge in [-0.15, -0.1) is 0 Å². The van der Waals surface area contributed by atoms with E-state index in [0.29, 0.717) is 13.1 Å². The second-order valence-electron chi connectivity index (χ2n) is 1.95. The molecule has 1 radical (unpaired) electrons. The highest BCUT2D eigenvalue weighted by atomic mass is 16.3. The van der Waals surface area contributed by atoms with Gasteiger partial charge in [0, 0.05) is 19.5 Å². The van der Waals surface area contributed by atoms with Gasteiger partial charge < -0.3 is 15.5 Å². The molecule has 1 aliphatic heterocycles. The lowest BCUT2D eigenvalue weighted by Crippen LogP contribution is -2.44. The zero-order chi connectivity index (χ0) is 5.98. The summed E-state index contributed by atoms with van der Waals surface area (Å²) in [4.78, 5) is 0. The van der Waals surface area contributed by atoms with E-state index < -0.39 is 12.2 Å². The summed E-state index contributed by atoms with van der Waals surface area (Å²) < 4.78 is 0. The number of aliphatic hydroxyl groups excluding tert-OH is 2. The van der Waals surface area contributed by atoms with Crippen molar-refractivity contribution in [1.29, 1.82) is 0 Å². The molecule has 2 atom stereocenters. The SMILES string of the molecule is OC1[CH]CNC[C@@H]1O. The molecule has 0 aromatic carbocycles. The zero-order valence-electron chi connectivity index (χ0n) is 4.54. The van der Waals surface area contributed by atoms with E-state index in [2.05, 4.69) is 5.32 Å². The fourth-order valence-corrected chi connectivity index (χ4v) is 0.713. The predicted octanol–water partition coefficient (Wildman–Crippen LogP) is -1.48. The average Bonchev–Trinajstić information content (AvgIpc) is 1.77. The van der Waals surface area contributed by atoms with Crippen molar-refractivity contribution in [2.24, 2.45) is 0 Å². The monoisotopic (exact) mass is 116 g/mol. The minimum absolute atomic E-state index is 0.498. The molecule has 0 amide bonds. The Balaban J connectivity index is 2.28. The van der Waals surface area contributed by atoms with Gasteiger partial charge >= 0.3 is 0 Å². The van der Waals surface area contributed by atoms with Gasteiger partial charge in [-0.25, -0.2) is 0 Å². The topological polar surface area (TPSA) is 52.5 Å².